The Kier molecular flexibility index (Phi) is 7.11. The Labute approximate surface area is 147 Å². The third kappa shape index (κ3) is 6.94. The average molecular weight is 356 g/mol. The van der Waals surface area contributed by atoms with E-state index >= 15 is 0 Å². The number of likely N-dealkylation sites (tertiary alicyclic amines) is 1. The SMILES string of the molecule is CCc1ccc(CCNC(=NC)NC2CCN(CC(F)(F)F)C2)cc1. The Hall–Kier alpha value is -1.76. The predicted octanol–water partition coefficient (Wildman–Crippen LogP) is 2.59. The smallest absolute Gasteiger partial charge is 0.356 e. The van der Waals surface area contributed by atoms with E-state index in [9.17, 15) is 13.2 Å². The fourth-order valence-electron chi connectivity index (χ4n) is 3.00. The summed E-state index contributed by atoms with van der Waals surface area (Å²) in [5, 5.41) is 6.45. The van der Waals surface area contributed by atoms with Gasteiger partial charge in [-0.05, 0) is 30.4 Å². The summed E-state index contributed by atoms with van der Waals surface area (Å²) >= 11 is 0. The summed E-state index contributed by atoms with van der Waals surface area (Å²) in [6, 6.07) is 8.52. The number of hydrogen-bond donors (Lipinski definition) is 2. The van der Waals surface area contributed by atoms with Crippen molar-refractivity contribution in [1.29, 1.82) is 0 Å². The minimum Gasteiger partial charge on any atom is -0.356 e. The molecule has 0 radical (unpaired) electrons. The molecular formula is C18H27F3N4. The Morgan fingerprint density at radius 1 is 1.24 bits per heavy atom. The van der Waals surface area contributed by atoms with E-state index in [0.29, 0.717) is 25.5 Å². The van der Waals surface area contributed by atoms with E-state index in [1.54, 1.807) is 7.05 Å². The predicted molar refractivity (Wildman–Crippen MR) is 94.9 cm³/mol. The molecule has 1 aliphatic heterocycles. The number of guanidine groups is 1. The molecule has 1 unspecified atom stereocenters. The molecular weight excluding hydrogens is 329 g/mol. The number of halogens is 3. The van der Waals surface area contributed by atoms with Crippen LogP contribution in [-0.2, 0) is 12.8 Å². The molecule has 2 N–H and O–H groups in total. The van der Waals surface area contributed by atoms with E-state index in [0.717, 1.165) is 19.4 Å². The number of alkyl halides is 3. The maximum absolute atomic E-state index is 12.4. The zero-order valence-electron chi connectivity index (χ0n) is 14.9. The molecule has 1 saturated heterocycles. The van der Waals surface area contributed by atoms with Crippen LogP contribution in [0.3, 0.4) is 0 Å². The van der Waals surface area contributed by atoms with Gasteiger partial charge in [0.05, 0.1) is 6.54 Å². The van der Waals surface area contributed by atoms with Gasteiger partial charge in [0, 0.05) is 32.7 Å². The fourth-order valence-corrected chi connectivity index (χ4v) is 3.00. The van der Waals surface area contributed by atoms with Crippen LogP contribution in [0, 0.1) is 0 Å². The van der Waals surface area contributed by atoms with Crippen LogP contribution in [0.4, 0.5) is 13.2 Å². The first-order valence-corrected chi connectivity index (χ1v) is 8.73. The Balaban J connectivity index is 1.72. The van der Waals surface area contributed by atoms with Gasteiger partial charge in [-0.2, -0.15) is 13.2 Å². The van der Waals surface area contributed by atoms with Crippen molar-refractivity contribution in [1.82, 2.24) is 15.5 Å². The first-order valence-electron chi connectivity index (χ1n) is 8.73. The third-order valence-electron chi connectivity index (χ3n) is 4.38. The number of aliphatic imine (C=N–C) groups is 1. The number of nitrogens with one attached hydrogen (secondary N) is 2. The molecule has 4 nitrogen and oxygen atoms in total. The fraction of sp³-hybridized carbons (Fsp3) is 0.611. The van der Waals surface area contributed by atoms with E-state index in [1.165, 1.54) is 16.0 Å². The standard InChI is InChI=1S/C18H27F3N4/c1-3-14-4-6-15(7-5-14)8-10-23-17(22-2)24-16-9-11-25(12-16)13-18(19,20)21/h4-7,16H,3,8-13H2,1-2H3,(H2,22,23,24). The van der Waals surface area contributed by atoms with Crippen molar-refractivity contribution in [2.45, 2.75) is 38.4 Å². The Morgan fingerprint density at radius 3 is 2.52 bits per heavy atom. The second-order valence-corrected chi connectivity index (χ2v) is 6.40. The van der Waals surface area contributed by atoms with Gasteiger partial charge in [-0.25, -0.2) is 0 Å². The summed E-state index contributed by atoms with van der Waals surface area (Å²) in [4.78, 5) is 5.59. The molecule has 0 spiro atoms. The van der Waals surface area contributed by atoms with Crippen molar-refractivity contribution < 1.29 is 13.2 Å². The maximum atomic E-state index is 12.4. The molecule has 1 aliphatic rings. The minimum absolute atomic E-state index is 0.00242. The first-order chi connectivity index (χ1) is 11.9. The van der Waals surface area contributed by atoms with Crippen LogP contribution >= 0.6 is 0 Å². The first kappa shape index (κ1) is 19.6. The average Bonchev–Trinajstić information content (AvgIpc) is 2.99. The summed E-state index contributed by atoms with van der Waals surface area (Å²) < 4.78 is 37.3. The molecule has 1 aromatic rings. The zero-order chi connectivity index (χ0) is 18.3. The highest BCUT2D eigenvalue weighted by Crippen LogP contribution is 2.19. The molecule has 25 heavy (non-hydrogen) atoms. The number of benzene rings is 1. The van der Waals surface area contributed by atoms with Gasteiger partial charge in [0.2, 0.25) is 0 Å². The van der Waals surface area contributed by atoms with E-state index in [1.807, 2.05) is 0 Å². The monoisotopic (exact) mass is 356 g/mol. The Bertz CT molecular complexity index is 554. The lowest BCUT2D eigenvalue weighted by Crippen LogP contribution is -2.45. The van der Waals surface area contributed by atoms with Crippen LogP contribution in [0.25, 0.3) is 0 Å². The molecule has 1 heterocycles. The third-order valence-corrected chi connectivity index (χ3v) is 4.38. The zero-order valence-corrected chi connectivity index (χ0v) is 14.9. The van der Waals surface area contributed by atoms with Crippen LogP contribution < -0.4 is 10.6 Å². The van der Waals surface area contributed by atoms with Crippen LogP contribution in [-0.4, -0.2) is 56.3 Å². The van der Waals surface area contributed by atoms with Crippen molar-refractivity contribution in [2.24, 2.45) is 4.99 Å². The molecule has 2 rings (SSSR count). The van der Waals surface area contributed by atoms with Gasteiger partial charge in [-0.15, -0.1) is 0 Å². The Morgan fingerprint density at radius 2 is 1.92 bits per heavy atom. The summed E-state index contributed by atoms with van der Waals surface area (Å²) in [5.41, 5.74) is 2.57. The van der Waals surface area contributed by atoms with Gasteiger partial charge >= 0.3 is 6.18 Å². The van der Waals surface area contributed by atoms with Gasteiger partial charge in [0.1, 0.15) is 0 Å². The van der Waals surface area contributed by atoms with E-state index in [-0.39, 0.29) is 6.04 Å². The largest absolute Gasteiger partial charge is 0.401 e. The van der Waals surface area contributed by atoms with Crippen LogP contribution in [0.15, 0.2) is 29.3 Å². The van der Waals surface area contributed by atoms with Crippen LogP contribution in [0.1, 0.15) is 24.5 Å². The molecule has 1 atom stereocenters. The number of aryl methyl sites for hydroxylation is 1. The van der Waals surface area contributed by atoms with Crippen molar-refractivity contribution in [3.63, 3.8) is 0 Å². The summed E-state index contributed by atoms with van der Waals surface area (Å²) in [7, 11) is 1.67. The highest BCUT2D eigenvalue weighted by molar-refractivity contribution is 5.80. The highest BCUT2D eigenvalue weighted by atomic mass is 19.4. The number of hydrogen-bond acceptors (Lipinski definition) is 2. The molecule has 0 bridgehead atoms. The normalized spacial score (nSPS) is 19.2. The van der Waals surface area contributed by atoms with E-state index in [4.69, 9.17) is 0 Å². The van der Waals surface area contributed by atoms with Gasteiger partial charge in [0.25, 0.3) is 0 Å². The van der Waals surface area contributed by atoms with Gasteiger partial charge in [-0.1, -0.05) is 31.2 Å². The van der Waals surface area contributed by atoms with Crippen molar-refractivity contribution in [3.8, 4) is 0 Å². The van der Waals surface area contributed by atoms with Gasteiger partial charge in [-0.3, -0.25) is 9.89 Å². The lowest BCUT2D eigenvalue weighted by Gasteiger charge is -2.19. The molecule has 1 aromatic carbocycles. The van der Waals surface area contributed by atoms with E-state index in [2.05, 4.69) is 46.8 Å². The molecule has 0 saturated carbocycles. The quantitative estimate of drug-likeness (QED) is 0.608. The molecule has 1 fully saturated rings. The lowest BCUT2D eigenvalue weighted by atomic mass is 10.1. The number of nitrogens with zero attached hydrogens (tertiary/aromatic N) is 2. The molecule has 0 aromatic heterocycles. The maximum Gasteiger partial charge on any atom is 0.401 e. The van der Waals surface area contributed by atoms with Gasteiger partial charge < -0.3 is 10.6 Å². The second kappa shape index (κ2) is 9.08. The highest BCUT2D eigenvalue weighted by Gasteiger charge is 2.34. The minimum atomic E-state index is -4.14. The van der Waals surface area contributed by atoms with Crippen molar-refractivity contribution >= 4 is 5.96 Å². The van der Waals surface area contributed by atoms with Crippen molar-refractivity contribution in [2.75, 3.05) is 33.2 Å². The summed E-state index contributed by atoms with van der Waals surface area (Å²) in [6.45, 7) is 2.86. The van der Waals surface area contributed by atoms with Crippen molar-refractivity contribution in [3.05, 3.63) is 35.4 Å². The molecule has 7 heteroatoms. The van der Waals surface area contributed by atoms with E-state index < -0.39 is 12.7 Å². The van der Waals surface area contributed by atoms with Gasteiger partial charge in [0.15, 0.2) is 5.96 Å². The summed E-state index contributed by atoms with van der Waals surface area (Å²) in [6.07, 6.45) is -1.55. The molecule has 0 amide bonds. The number of rotatable bonds is 6. The topological polar surface area (TPSA) is 39.7 Å². The van der Waals surface area contributed by atoms with Crippen LogP contribution in [0.2, 0.25) is 0 Å². The second-order valence-electron chi connectivity index (χ2n) is 6.40. The lowest BCUT2D eigenvalue weighted by molar-refractivity contribution is -0.143. The molecule has 140 valence electrons. The van der Waals surface area contributed by atoms with Crippen LogP contribution in [0.5, 0.6) is 0 Å². The molecule has 0 aliphatic carbocycles. The summed E-state index contributed by atoms with van der Waals surface area (Å²) in [5.74, 6) is 0.643.